The van der Waals surface area contributed by atoms with Gasteiger partial charge in [0.1, 0.15) is 0 Å². The van der Waals surface area contributed by atoms with Crippen molar-refractivity contribution in [1.29, 1.82) is 0 Å². The number of pyridine rings is 1. The number of aromatic amines is 1. The third-order valence-electron chi connectivity index (χ3n) is 5.65. The number of nitrogens with zero attached hydrogens (tertiary/aromatic N) is 2. The van der Waals surface area contributed by atoms with E-state index >= 15 is 0 Å². The molecule has 3 N–H and O–H groups in total. The first-order valence-electron chi connectivity index (χ1n) is 10.4. The summed E-state index contributed by atoms with van der Waals surface area (Å²) in [5.41, 5.74) is 13.4. The average Bonchev–Trinajstić information content (AvgIpc) is 3.24. The number of hydrogen-bond acceptors (Lipinski definition) is 3. The summed E-state index contributed by atoms with van der Waals surface area (Å²) >= 11 is 0. The number of nitrogens with one attached hydrogen (secondary N) is 1. The topological polar surface area (TPSA) is 67.6 Å². The van der Waals surface area contributed by atoms with Crippen LogP contribution in [-0.2, 0) is 0 Å². The highest BCUT2D eigenvalue weighted by molar-refractivity contribution is 5.76. The van der Waals surface area contributed by atoms with Crippen LogP contribution in [0.25, 0.3) is 35.3 Å². The fraction of sp³-hybridized carbons (Fsp3) is 0.231. The van der Waals surface area contributed by atoms with Crippen LogP contribution in [0.2, 0.25) is 0 Å². The smallest absolute Gasteiger partial charge is 0.0977 e. The number of allylic oxidation sites excluding steroid dienone is 3. The molecule has 1 atom stereocenters. The molecule has 4 heteroatoms. The number of rotatable bonds is 4. The molecular formula is C26H28N4. The zero-order chi connectivity index (χ0) is 21.1. The highest BCUT2D eigenvalue weighted by atomic mass is 14.9. The lowest BCUT2D eigenvalue weighted by molar-refractivity contribution is 0.594. The van der Waals surface area contributed by atoms with Crippen LogP contribution in [0, 0.1) is 6.92 Å². The van der Waals surface area contributed by atoms with E-state index in [1.807, 2.05) is 25.1 Å². The van der Waals surface area contributed by atoms with E-state index in [9.17, 15) is 0 Å². The van der Waals surface area contributed by atoms with Gasteiger partial charge in [0.05, 0.1) is 23.4 Å². The van der Waals surface area contributed by atoms with Gasteiger partial charge in [-0.1, -0.05) is 36.9 Å². The van der Waals surface area contributed by atoms with Crippen molar-refractivity contribution in [2.45, 2.75) is 39.2 Å². The molecule has 3 aromatic rings. The first-order chi connectivity index (χ1) is 14.5. The van der Waals surface area contributed by atoms with Crippen molar-refractivity contribution in [2.75, 3.05) is 0 Å². The fourth-order valence-electron chi connectivity index (χ4n) is 3.91. The van der Waals surface area contributed by atoms with Gasteiger partial charge in [0, 0.05) is 17.3 Å². The van der Waals surface area contributed by atoms with E-state index in [-0.39, 0.29) is 6.04 Å². The molecule has 4 nitrogen and oxygen atoms in total. The fourth-order valence-corrected chi connectivity index (χ4v) is 3.91. The van der Waals surface area contributed by atoms with Crippen LogP contribution in [0.3, 0.4) is 0 Å². The van der Waals surface area contributed by atoms with Gasteiger partial charge in [-0.05, 0) is 79.0 Å². The lowest BCUT2D eigenvalue weighted by Gasteiger charge is -2.19. The molecule has 30 heavy (non-hydrogen) atoms. The van der Waals surface area contributed by atoms with E-state index in [0.717, 1.165) is 58.0 Å². The van der Waals surface area contributed by atoms with Crippen molar-refractivity contribution >= 4 is 12.7 Å². The summed E-state index contributed by atoms with van der Waals surface area (Å²) in [5, 5.41) is 2.10. The van der Waals surface area contributed by atoms with E-state index in [1.165, 1.54) is 11.1 Å². The number of nitrogens with two attached hydrogens (primary N) is 1. The van der Waals surface area contributed by atoms with Crippen LogP contribution < -0.4 is 16.2 Å². The summed E-state index contributed by atoms with van der Waals surface area (Å²) < 4.78 is 0. The van der Waals surface area contributed by atoms with E-state index in [0.29, 0.717) is 0 Å². The van der Waals surface area contributed by atoms with Crippen molar-refractivity contribution in [1.82, 2.24) is 15.0 Å². The minimum Gasteiger partial charge on any atom is -0.343 e. The highest BCUT2D eigenvalue weighted by Crippen LogP contribution is 2.27. The number of benzene rings is 1. The van der Waals surface area contributed by atoms with Gasteiger partial charge in [-0.25, -0.2) is 4.98 Å². The molecular weight excluding hydrogens is 368 g/mol. The second-order valence-corrected chi connectivity index (χ2v) is 7.86. The van der Waals surface area contributed by atoms with Gasteiger partial charge in [0.15, 0.2) is 0 Å². The molecule has 0 amide bonds. The van der Waals surface area contributed by atoms with Crippen LogP contribution in [-0.4, -0.2) is 21.0 Å². The lowest BCUT2D eigenvalue weighted by Crippen LogP contribution is -2.24. The summed E-state index contributed by atoms with van der Waals surface area (Å²) in [6, 6.07) is 12.6. The summed E-state index contributed by atoms with van der Waals surface area (Å²) in [4.78, 5) is 12.5. The van der Waals surface area contributed by atoms with Gasteiger partial charge in [0.2, 0.25) is 0 Å². The Balaban J connectivity index is 1.76. The van der Waals surface area contributed by atoms with Crippen LogP contribution in [0.1, 0.15) is 31.9 Å². The Morgan fingerprint density at radius 1 is 1.27 bits per heavy atom. The second kappa shape index (κ2) is 8.64. The largest absolute Gasteiger partial charge is 0.343 e. The number of imidazole rings is 1. The van der Waals surface area contributed by atoms with Crippen molar-refractivity contribution < 1.29 is 0 Å². The Hall–Kier alpha value is -3.24. The van der Waals surface area contributed by atoms with Gasteiger partial charge >= 0.3 is 0 Å². The summed E-state index contributed by atoms with van der Waals surface area (Å²) in [6.45, 7) is 8.32. The standard InChI is InChI=1S/C26H28N4/c1-4-19(20-10-12-23(27)13-11-20)14-22-15-21(9-8-17(22)2)25-26(29-16-28-25)24-7-5-6-18(3)30-24/h4-10,14-16,23H,2,11-13,27H2,1,3H3,(H,28,29)/b19-4+,22-14-/t23-/m1/s1. The Morgan fingerprint density at radius 2 is 2.13 bits per heavy atom. The summed E-state index contributed by atoms with van der Waals surface area (Å²) in [7, 11) is 0. The predicted molar refractivity (Wildman–Crippen MR) is 125 cm³/mol. The van der Waals surface area contributed by atoms with Crippen LogP contribution >= 0.6 is 0 Å². The maximum absolute atomic E-state index is 6.06. The van der Waals surface area contributed by atoms with Crippen molar-refractivity contribution in [3.8, 4) is 22.6 Å². The van der Waals surface area contributed by atoms with Gasteiger partial charge in [-0.15, -0.1) is 0 Å². The number of aryl methyl sites for hydroxylation is 1. The molecule has 0 unspecified atom stereocenters. The molecule has 0 spiro atoms. The third kappa shape index (κ3) is 4.19. The molecule has 2 heterocycles. The van der Waals surface area contributed by atoms with Crippen molar-refractivity contribution in [3.05, 3.63) is 82.2 Å². The quantitative estimate of drug-likeness (QED) is 0.700. The Morgan fingerprint density at radius 3 is 2.87 bits per heavy atom. The zero-order valence-corrected chi connectivity index (χ0v) is 17.7. The van der Waals surface area contributed by atoms with E-state index in [2.05, 4.69) is 64.9 Å². The molecule has 2 aromatic heterocycles. The average molecular weight is 397 g/mol. The maximum atomic E-state index is 6.06. The molecule has 0 bridgehead atoms. The minimum absolute atomic E-state index is 0.284. The van der Waals surface area contributed by atoms with E-state index in [4.69, 9.17) is 5.73 Å². The maximum Gasteiger partial charge on any atom is 0.0977 e. The zero-order valence-electron chi connectivity index (χ0n) is 17.7. The van der Waals surface area contributed by atoms with E-state index in [1.54, 1.807) is 6.33 Å². The first-order valence-corrected chi connectivity index (χ1v) is 10.4. The molecule has 0 fully saturated rings. The lowest BCUT2D eigenvalue weighted by atomic mass is 9.90. The molecule has 152 valence electrons. The molecule has 0 saturated heterocycles. The van der Waals surface area contributed by atoms with Gasteiger partial charge in [-0.3, -0.25) is 4.98 Å². The number of aromatic nitrogens is 3. The molecule has 1 aliphatic rings. The number of H-pyrrole nitrogens is 1. The van der Waals surface area contributed by atoms with E-state index < -0.39 is 0 Å². The minimum atomic E-state index is 0.284. The predicted octanol–water partition coefficient (Wildman–Crippen LogP) is 4.02. The molecule has 1 aromatic carbocycles. The summed E-state index contributed by atoms with van der Waals surface area (Å²) in [6.07, 6.45) is 11.4. The van der Waals surface area contributed by atoms with Gasteiger partial charge < -0.3 is 10.7 Å². The molecule has 0 radical (unpaired) electrons. The Kier molecular flexibility index (Phi) is 5.77. The van der Waals surface area contributed by atoms with Crippen molar-refractivity contribution in [2.24, 2.45) is 5.73 Å². The van der Waals surface area contributed by atoms with Gasteiger partial charge in [0.25, 0.3) is 0 Å². The van der Waals surface area contributed by atoms with Gasteiger partial charge in [-0.2, -0.15) is 0 Å². The SMILES string of the molecule is C=c1ccc(-c2nc[nH]c2-c2cccc(C)n2)c/c1=C/C(=C\C)C1=CC[C@@H](N)CC1. The molecule has 1 aliphatic carbocycles. The molecule has 0 aliphatic heterocycles. The van der Waals surface area contributed by atoms with Crippen molar-refractivity contribution in [3.63, 3.8) is 0 Å². The summed E-state index contributed by atoms with van der Waals surface area (Å²) in [5.74, 6) is 0. The normalized spacial score (nSPS) is 17.8. The molecule has 4 rings (SSSR count). The third-order valence-corrected chi connectivity index (χ3v) is 5.65. The highest BCUT2D eigenvalue weighted by Gasteiger charge is 2.13. The Labute approximate surface area is 177 Å². The van der Waals surface area contributed by atoms with Crippen LogP contribution in [0.4, 0.5) is 0 Å². The molecule has 0 saturated carbocycles. The number of hydrogen-bond donors (Lipinski definition) is 2. The Bertz CT molecular complexity index is 1230. The first kappa shape index (κ1) is 20.0. The second-order valence-electron chi connectivity index (χ2n) is 7.86. The monoisotopic (exact) mass is 396 g/mol. The van der Waals surface area contributed by atoms with Crippen LogP contribution in [0.15, 0.2) is 66.0 Å². The van der Waals surface area contributed by atoms with Crippen LogP contribution in [0.5, 0.6) is 0 Å².